The quantitative estimate of drug-likeness (QED) is 0.843. The summed E-state index contributed by atoms with van der Waals surface area (Å²) in [6.45, 7) is 8.82. The van der Waals surface area contributed by atoms with Crippen LogP contribution in [0.25, 0.3) is 0 Å². The van der Waals surface area contributed by atoms with Crippen molar-refractivity contribution in [3.05, 3.63) is 35.8 Å². The molecule has 0 N–H and O–H groups in total. The fourth-order valence-electron chi connectivity index (χ4n) is 3.85. The fraction of sp³-hybridized carbons (Fsp3) is 0.667. The van der Waals surface area contributed by atoms with Crippen LogP contribution in [0.1, 0.15) is 29.9 Å². The van der Waals surface area contributed by atoms with Crippen LogP contribution in [0.3, 0.4) is 0 Å². The second kappa shape index (κ2) is 6.90. The average molecular weight is 346 g/mol. The lowest BCUT2D eigenvalue weighted by molar-refractivity contribution is -0.0907. The molecule has 0 saturated carbocycles. The Morgan fingerprint density at radius 3 is 3.04 bits per heavy atom. The van der Waals surface area contributed by atoms with Gasteiger partial charge in [0, 0.05) is 13.1 Å². The molecular weight excluding hydrogens is 320 g/mol. The van der Waals surface area contributed by atoms with Gasteiger partial charge >= 0.3 is 0 Å². The van der Waals surface area contributed by atoms with Gasteiger partial charge in [0.25, 0.3) is 0 Å². The first kappa shape index (κ1) is 16.8. The van der Waals surface area contributed by atoms with Gasteiger partial charge in [-0.3, -0.25) is 9.58 Å². The summed E-state index contributed by atoms with van der Waals surface area (Å²) in [6.07, 6.45) is 5.51. The number of rotatable bonds is 4. The second-order valence-corrected chi connectivity index (χ2v) is 7.29. The van der Waals surface area contributed by atoms with E-state index < -0.39 is 0 Å². The molecule has 2 aliphatic rings. The number of furan rings is 1. The number of ether oxygens (including phenoxy) is 2. The lowest BCUT2D eigenvalue weighted by Gasteiger charge is -2.31. The van der Waals surface area contributed by atoms with Crippen LogP contribution < -0.4 is 0 Å². The van der Waals surface area contributed by atoms with Gasteiger partial charge in [-0.1, -0.05) is 0 Å². The molecular formula is C18H26N4O3. The molecule has 4 heterocycles. The predicted octanol–water partition coefficient (Wildman–Crippen LogP) is 1.94. The Morgan fingerprint density at radius 2 is 2.28 bits per heavy atom. The van der Waals surface area contributed by atoms with Crippen LogP contribution in [-0.4, -0.2) is 57.7 Å². The molecule has 4 rings (SSSR count). The Balaban J connectivity index is 1.41. The highest BCUT2D eigenvalue weighted by molar-refractivity contribution is 5.18. The maximum absolute atomic E-state index is 6.45. The summed E-state index contributed by atoms with van der Waals surface area (Å²) in [7, 11) is 0. The highest BCUT2D eigenvalue weighted by Crippen LogP contribution is 2.34. The van der Waals surface area contributed by atoms with Gasteiger partial charge in [0.1, 0.15) is 29.8 Å². The number of nitrogens with zero attached hydrogens (tertiary/aromatic N) is 4. The number of aromatic nitrogens is 3. The minimum Gasteiger partial charge on any atom is -0.465 e. The van der Waals surface area contributed by atoms with E-state index in [1.54, 1.807) is 12.7 Å². The van der Waals surface area contributed by atoms with Gasteiger partial charge in [0.15, 0.2) is 0 Å². The van der Waals surface area contributed by atoms with Crippen molar-refractivity contribution < 1.29 is 13.9 Å². The lowest BCUT2D eigenvalue weighted by atomic mass is 10.00. The third kappa shape index (κ3) is 3.78. The van der Waals surface area contributed by atoms with E-state index in [1.807, 2.05) is 11.6 Å². The van der Waals surface area contributed by atoms with Gasteiger partial charge in [-0.2, -0.15) is 5.10 Å². The Morgan fingerprint density at radius 1 is 1.36 bits per heavy atom. The lowest BCUT2D eigenvalue weighted by Crippen LogP contribution is -2.44. The molecule has 2 atom stereocenters. The molecule has 7 heteroatoms. The van der Waals surface area contributed by atoms with Crippen molar-refractivity contribution in [3.63, 3.8) is 0 Å². The molecule has 1 spiro atoms. The predicted molar refractivity (Wildman–Crippen MR) is 91.1 cm³/mol. The summed E-state index contributed by atoms with van der Waals surface area (Å²) in [5.74, 6) is 2.02. The Kier molecular flexibility index (Phi) is 4.62. The molecule has 2 aromatic heterocycles. The van der Waals surface area contributed by atoms with E-state index in [0.717, 1.165) is 57.1 Å². The number of hydrogen-bond acceptors (Lipinski definition) is 6. The fourth-order valence-corrected chi connectivity index (χ4v) is 3.85. The van der Waals surface area contributed by atoms with Crippen molar-refractivity contribution in [2.24, 2.45) is 0 Å². The first-order valence-electron chi connectivity index (χ1n) is 8.98. The van der Waals surface area contributed by atoms with Gasteiger partial charge in [-0.15, -0.1) is 0 Å². The number of hydrogen-bond donors (Lipinski definition) is 0. The van der Waals surface area contributed by atoms with Crippen LogP contribution in [0.2, 0.25) is 0 Å². The molecule has 0 bridgehead atoms. The summed E-state index contributed by atoms with van der Waals surface area (Å²) in [5.41, 5.74) is 0.985. The van der Waals surface area contributed by atoms with Gasteiger partial charge < -0.3 is 13.9 Å². The van der Waals surface area contributed by atoms with Crippen molar-refractivity contribution in [2.45, 2.75) is 51.5 Å². The molecule has 0 radical (unpaired) electrons. The summed E-state index contributed by atoms with van der Waals surface area (Å²) in [6, 6.07) is 2.14. The molecule has 0 aliphatic carbocycles. The van der Waals surface area contributed by atoms with E-state index in [9.17, 15) is 0 Å². The van der Waals surface area contributed by atoms with E-state index in [1.165, 1.54) is 5.56 Å². The summed E-state index contributed by atoms with van der Waals surface area (Å²) >= 11 is 0. The van der Waals surface area contributed by atoms with Crippen LogP contribution in [0.4, 0.5) is 0 Å². The normalized spacial score (nSPS) is 27.8. The minimum atomic E-state index is -0.224. The van der Waals surface area contributed by atoms with Crippen LogP contribution in [0, 0.1) is 13.8 Å². The maximum Gasteiger partial charge on any atom is 0.137 e. The molecule has 2 fully saturated rings. The summed E-state index contributed by atoms with van der Waals surface area (Å²) in [5, 5.41) is 4.18. The third-order valence-electron chi connectivity index (χ3n) is 5.22. The highest BCUT2D eigenvalue weighted by atomic mass is 16.6. The molecule has 2 aliphatic heterocycles. The monoisotopic (exact) mass is 346 g/mol. The van der Waals surface area contributed by atoms with E-state index >= 15 is 0 Å². The largest absolute Gasteiger partial charge is 0.465 e. The zero-order valence-corrected chi connectivity index (χ0v) is 15.0. The van der Waals surface area contributed by atoms with Crippen LogP contribution >= 0.6 is 0 Å². The van der Waals surface area contributed by atoms with E-state index in [4.69, 9.17) is 13.9 Å². The first-order valence-corrected chi connectivity index (χ1v) is 8.98. The summed E-state index contributed by atoms with van der Waals surface area (Å²) in [4.78, 5) is 6.40. The molecule has 136 valence electrons. The Hall–Kier alpha value is -1.70. The van der Waals surface area contributed by atoms with Gasteiger partial charge in [0.05, 0.1) is 32.4 Å². The molecule has 0 aromatic carbocycles. The van der Waals surface area contributed by atoms with Crippen LogP contribution in [0.5, 0.6) is 0 Å². The Labute approximate surface area is 147 Å². The Bertz CT molecular complexity index is 680. The van der Waals surface area contributed by atoms with Crippen LogP contribution in [-0.2, 0) is 22.6 Å². The van der Waals surface area contributed by atoms with Crippen molar-refractivity contribution >= 4 is 0 Å². The number of aryl methyl sites for hydroxylation is 2. The van der Waals surface area contributed by atoms with Crippen molar-refractivity contribution in [1.82, 2.24) is 19.7 Å². The zero-order valence-electron chi connectivity index (χ0n) is 15.0. The van der Waals surface area contributed by atoms with Gasteiger partial charge in [-0.25, -0.2) is 4.98 Å². The van der Waals surface area contributed by atoms with Crippen molar-refractivity contribution in [3.8, 4) is 0 Å². The van der Waals surface area contributed by atoms with E-state index in [0.29, 0.717) is 6.61 Å². The van der Waals surface area contributed by atoms with E-state index in [-0.39, 0.29) is 11.7 Å². The molecule has 7 nitrogen and oxygen atoms in total. The SMILES string of the molecule is Cc1cc(CN2CCOCC3(CCC(Cn4cncn4)O3)C2)oc1C. The highest BCUT2D eigenvalue weighted by Gasteiger charge is 2.43. The average Bonchev–Trinajstić information content (AvgIpc) is 3.25. The molecule has 2 unspecified atom stereocenters. The van der Waals surface area contributed by atoms with Gasteiger partial charge in [0.2, 0.25) is 0 Å². The van der Waals surface area contributed by atoms with Crippen LogP contribution in [0.15, 0.2) is 23.1 Å². The maximum atomic E-state index is 6.45. The van der Waals surface area contributed by atoms with Crippen molar-refractivity contribution in [2.75, 3.05) is 26.3 Å². The zero-order chi connectivity index (χ0) is 17.3. The third-order valence-corrected chi connectivity index (χ3v) is 5.22. The minimum absolute atomic E-state index is 0.165. The molecule has 2 aromatic rings. The second-order valence-electron chi connectivity index (χ2n) is 7.29. The molecule has 2 saturated heterocycles. The standard InChI is InChI=1S/C18H26N4O3/c1-14-7-17(24-15(14)2)8-21-5-6-23-11-18(10-21)4-3-16(25-18)9-22-13-19-12-20-22/h7,12-13,16H,3-6,8-11H2,1-2H3. The first-order chi connectivity index (χ1) is 12.1. The smallest absolute Gasteiger partial charge is 0.137 e. The molecule has 0 amide bonds. The summed E-state index contributed by atoms with van der Waals surface area (Å²) < 4.78 is 20.0. The van der Waals surface area contributed by atoms with Gasteiger partial charge in [-0.05, 0) is 38.3 Å². The molecule has 25 heavy (non-hydrogen) atoms. The van der Waals surface area contributed by atoms with Crippen molar-refractivity contribution in [1.29, 1.82) is 0 Å². The topological polar surface area (TPSA) is 65.5 Å². The van der Waals surface area contributed by atoms with E-state index in [2.05, 4.69) is 28.0 Å².